The van der Waals surface area contributed by atoms with Gasteiger partial charge in [0.25, 0.3) is 0 Å². The van der Waals surface area contributed by atoms with E-state index < -0.39 is 5.82 Å². The zero-order valence-corrected chi connectivity index (χ0v) is 7.25. The SMILES string of the molecule is CC[C@H](C)c1cc(F)c[n+]([O-])c1. The zero-order chi connectivity index (χ0) is 9.14. The topological polar surface area (TPSA) is 26.9 Å². The van der Waals surface area contributed by atoms with Crippen molar-refractivity contribution in [2.75, 3.05) is 0 Å². The maximum atomic E-state index is 12.7. The molecule has 0 bridgehead atoms. The Morgan fingerprint density at radius 2 is 2.25 bits per heavy atom. The second-order valence-electron chi connectivity index (χ2n) is 2.96. The lowest BCUT2D eigenvalue weighted by Gasteiger charge is -2.07. The van der Waals surface area contributed by atoms with Crippen molar-refractivity contribution in [2.45, 2.75) is 26.2 Å². The fourth-order valence-electron chi connectivity index (χ4n) is 1.04. The van der Waals surface area contributed by atoms with Gasteiger partial charge in [0, 0.05) is 5.56 Å². The molecule has 0 aliphatic rings. The van der Waals surface area contributed by atoms with Crippen molar-refractivity contribution < 1.29 is 9.12 Å². The third kappa shape index (κ3) is 1.94. The van der Waals surface area contributed by atoms with Gasteiger partial charge in [-0.25, -0.2) is 4.39 Å². The second kappa shape index (κ2) is 3.52. The van der Waals surface area contributed by atoms with Gasteiger partial charge in [-0.2, -0.15) is 4.73 Å². The maximum Gasteiger partial charge on any atom is 0.216 e. The van der Waals surface area contributed by atoms with Crippen molar-refractivity contribution in [3.8, 4) is 0 Å². The van der Waals surface area contributed by atoms with E-state index in [9.17, 15) is 9.60 Å². The average molecular weight is 169 g/mol. The van der Waals surface area contributed by atoms with Crippen LogP contribution in [0.4, 0.5) is 4.39 Å². The number of aromatic nitrogens is 1. The Hall–Kier alpha value is -1.12. The number of hydrogen-bond acceptors (Lipinski definition) is 1. The molecule has 0 aromatic carbocycles. The molecule has 0 fully saturated rings. The molecule has 1 heterocycles. The quantitative estimate of drug-likeness (QED) is 0.491. The summed E-state index contributed by atoms with van der Waals surface area (Å²) in [4.78, 5) is 0. The molecule has 0 N–H and O–H groups in total. The Labute approximate surface area is 71.2 Å². The summed E-state index contributed by atoms with van der Waals surface area (Å²) in [7, 11) is 0. The molecule has 2 nitrogen and oxygen atoms in total. The van der Waals surface area contributed by atoms with Crippen LogP contribution in [0.2, 0.25) is 0 Å². The molecule has 66 valence electrons. The third-order valence-corrected chi connectivity index (χ3v) is 2.01. The third-order valence-electron chi connectivity index (χ3n) is 2.01. The monoisotopic (exact) mass is 169 g/mol. The van der Waals surface area contributed by atoms with Crippen LogP contribution in [-0.2, 0) is 0 Å². The largest absolute Gasteiger partial charge is 0.619 e. The van der Waals surface area contributed by atoms with Gasteiger partial charge >= 0.3 is 0 Å². The predicted octanol–water partition coefficient (Wildman–Crippen LogP) is 1.97. The van der Waals surface area contributed by atoms with Crippen LogP contribution in [-0.4, -0.2) is 0 Å². The van der Waals surface area contributed by atoms with Crippen LogP contribution in [0.15, 0.2) is 18.5 Å². The van der Waals surface area contributed by atoms with E-state index in [1.165, 1.54) is 12.3 Å². The van der Waals surface area contributed by atoms with E-state index >= 15 is 0 Å². The second-order valence-corrected chi connectivity index (χ2v) is 2.96. The highest BCUT2D eigenvalue weighted by Crippen LogP contribution is 2.16. The maximum absolute atomic E-state index is 12.7. The minimum atomic E-state index is -0.470. The zero-order valence-electron chi connectivity index (χ0n) is 7.25. The van der Waals surface area contributed by atoms with Crippen LogP contribution in [0.3, 0.4) is 0 Å². The molecule has 1 rings (SSSR count). The minimum absolute atomic E-state index is 0.237. The first-order valence-corrected chi connectivity index (χ1v) is 4.02. The molecule has 0 aliphatic carbocycles. The van der Waals surface area contributed by atoms with Gasteiger partial charge in [0.2, 0.25) is 6.20 Å². The molecular weight excluding hydrogens is 157 g/mol. The summed E-state index contributed by atoms with van der Waals surface area (Å²) in [5.41, 5.74) is 0.757. The Kier molecular flexibility index (Phi) is 2.63. The number of pyridine rings is 1. The minimum Gasteiger partial charge on any atom is -0.619 e. The molecule has 0 aliphatic heterocycles. The lowest BCUT2D eigenvalue weighted by atomic mass is 10.0. The summed E-state index contributed by atoms with van der Waals surface area (Å²) < 4.78 is 13.2. The van der Waals surface area contributed by atoms with Crippen molar-refractivity contribution in [1.29, 1.82) is 0 Å². The van der Waals surface area contributed by atoms with E-state index in [4.69, 9.17) is 0 Å². The Morgan fingerprint density at radius 3 is 2.75 bits per heavy atom. The molecule has 0 amide bonds. The highest BCUT2D eigenvalue weighted by molar-refractivity contribution is 5.11. The number of halogens is 1. The molecular formula is C9H12FNO. The van der Waals surface area contributed by atoms with Crippen LogP contribution in [0.1, 0.15) is 31.7 Å². The van der Waals surface area contributed by atoms with Crippen molar-refractivity contribution in [1.82, 2.24) is 0 Å². The lowest BCUT2D eigenvalue weighted by molar-refractivity contribution is -0.607. The van der Waals surface area contributed by atoms with Gasteiger partial charge in [-0.3, -0.25) is 0 Å². The predicted molar refractivity (Wildman–Crippen MR) is 44.1 cm³/mol. The molecule has 1 atom stereocenters. The van der Waals surface area contributed by atoms with Crippen LogP contribution in [0.5, 0.6) is 0 Å². The van der Waals surface area contributed by atoms with Gasteiger partial charge in [-0.15, -0.1) is 0 Å². The fraction of sp³-hybridized carbons (Fsp3) is 0.444. The van der Waals surface area contributed by atoms with Crippen molar-refractivity contribution in [3.05, 3.63) is 35.0 Å². The summed E-state index contributed by atoms with van der Waals surface area (Å²) in [6.07, 6.45) is 3.24. The molecule has 0 spiro atoms. The Morgan fingerprint density at radius 1 is 1.58 bits per heavy atom. The van der Waals surface area contributed by atoms with Crippen molar-refractivity contribution in [3.63, 3.8) is 0 Å². The van der Waals surface area contributed by atoms with E-state index in [-0.39, 0.29) is 5.92 Å². The Bertz CT molecular complexity index is 255. The summed E-state index contributed by atoms with van der Waals surface area (Å²) in [5, 5.41) is 10.8. The number of rotatable bonds is 2. The summed E-state index contributed by atoms with van der Waals surface area (Å²) in [5.74, 6) is -0.233. The van der Waals surface area contributed by atoms with E-state index in [1.54, 1.807) is 0 Å². The van der Waals surface area contributed by atoms with Gasteiger partial charge < -0.3 is 5.21 Å². The van der Waals surface area contributed by atoms with Crippen molar-refractivity contribution >= 4 is 0 Å². The molecule has 0 unspecified atom stereocenters. The van der Waals surface area contributed by atoms with Crippen LogP contribution in [0.25, 0.3) is 0 Å². The summed E-state index contributed by atoms with van der Waals surface area (Å²) >= 11 is 0. The smallest absolute Gasteiger partial charge is 0.216 e. The van der Waals surface area contributed by atoms with Gasteiger partial charge in [0.1, 0.15) is 0 Å². The highest BCUT2D eigenvalue weighted by atomic mass is 19.1. The summed E-state index contributed by atoms with van der Waals surface area (Å²) in [6.45, 7) is 3.97. The molecule has 3 heteroatoms. The van der Waals surface area contributed by atoms with Gasteiger partial charge in [0.05, 0.1) is 0 Å². The van der Waals surface area contributed by atoms with E-state index in [2.05, 4.69) is 0 Å². The number of nitrogens with zero attached hydrogens (tertiary/aromatic N) is 1. The standard InChI is InChI=1S/C9H12FNO/c1-3-7(2)8-4-9(10)6-11(12)5-8/h4-7H,3H2,1-2H3/t7-/m0/s1. The van der Waals surface area contributed by atoms with Crippen LogP contribution >= 0.6 is 0 Å². The first-order valence-electron chi connectivity index (χ1n) is 4.02. The molecule has 0 radical (unpaired) electrons. The average Bonchev–Trinajstić information content (AvgIpc) is 2.01. The lowest BCUT2D eigenvalue weighted by Crippen LogP contribution is -2.26. The van der Waals surface area contributed by atoms with Gasteiger partial charge in [0.15, 0.2) is 12.0 Å². The first-order chi connectivity index (χ1) is 5.63. The van der Waals surface area contributed by atoms with Gasteiger partial charge in [-0.05, 0) is 18.4 Å². The molecule has 12 heavy (non-hydrogen) atoms. The van der Waals surface area contributed by atoms with E-state index in [0.717, 1.165) is 18.2 Å². The molecule has 0 saturated heterocycles. The highest BCUT2D eigenvalue weighted by Gasteiger charge is 2.08. The van der Waals surface area contributed by atoms with Crippen LogP contribution in [0, 0.1) is 11.0 Å². The molecule has 0 saturated carbocycles. The molecule has 1 aromatic heterocycles. The Balaban J connectivity index is 3.00. The van der Waals surface area contributed by atoms with E-state index in [1.807, 2.05) is 13.8 Å². The number of hydrogen-bond donors (Lipinski definition) is 0. The summed E-state index contributed by atoms with van der Waals surface area (Å²) in [6, 6.07) is 1.41. The normalized spacial score (nSPS) is 12.9. The van der Waals surface area contributed by atoms with Crippen LogP contribution < -0.4 is 4.73 Å². The first kappa shape index (κ1) is 8.97. The van der Waals surface area contributed by atoms with E-state index in [0.29, 0.717) is 4.73 Å². The molecule has 1 aromatic rings. The van der Waals surface area contributed by atoms with Crippen molar-refractivity contribution in [2.24, 2.45) is 0 Å². The van der Waals surface area contributed by atoms with Gasteiger partial charge in [-0.1, -0.05) is 13.8 Å². The fourth-order valence-corrected chi connectivity index (χ4v) is 1.04.